The van der Waals surface area contributed by atoms with Gasteiger partial charge >= 0.3 is 12.1 Å². The van der Waals surface area contributed by atoms with Crippen molar-refractivity contribution in [2.45, 2.75) is 19.7 Å². The van der Waals surface area contributed by atoms with Gasteiger partial charge in [0.25, 0.3) is 5.91 Å². The number of hydrogen-bond donors (Lipinski definition) is 3. The number of benzene rings is 2. The third-order valence-electron chi connectivity index (χ3n) is 3.67. The Labute approximate surface area is 187 Å². The van der Waals surface area contributed by atoms with Crippen molar-refractivity contribution >= 4 is 49.4 Å². The summed E-state index contributed by atoms with van der Waals surface area (Å²) in [5.74, 6) is -1.34. The van der Waals surface area contributed by atoms with Crippen LogP contribution in [-0.4, -0.2) is 36.2 Å². The van der Waals surface area contributed by atoms with E-state index >= 15 is 0 Å². The largest absolute Gasteiger partial charge is 0.487 e. The summed E-state index contributed by atoms with van der Waals surface area (Å²) in [5.41, 5.74) is 1.97. The van der Waals surface area contributed by atoms with E-state index in [-0.39, 0.29) is 12.2 Å². The third kappa shape index (κ3) is 7.52. The lowest BCUT2D eigenvalue weighted by Gasteiger charge is -2.14. The Morgan fingerprint density at radius 2 is 1.73 bits per heavy atom. The summed E-state index contributed by atoms with van der Waals surface area (Å²) in [6, 6.07) is 7.90. The van der Waals surface area contributed by atoms with Gasteiger partial charge in [0.2, 0.25) is 0 Å². The molecule has 3 N–H and O–H groups in total. The molecule has 0 aliphatic heterocycles. The molecule has 0 radical (unpaired) electrons. The first-order chi connectivity index (χ1) is 13.9. The number of aryl methyl sites for hydroxylation is 1. The molecule has 0 atom stereocenters. The molecule has 0 bridgehead atoms. The average Bonchev–Trinajstić information content (AvgIpc) is 2.62. The highest BCUT2D eigenvalue weighted by Crippen LogP contribution is 2.35. The van der Waals surface area contributed by atoms with E-state index in [4.69, 9.17) is 9.84 Å². The number of carbonyl (C=O) groups excluding carboxylic acids is 1. The van der Waals surface area contributed by atoms with Crippen molar-refractivity contribution in [2.75, 3.05) is 18.4 Å². The second-order valence-corrected chi connectivity index (χ2v) is 8.02. The number of carboxylic acid groups (broad SMARTS) is 1. The highest BCUT2D eigenvalue weighted by molar-refractivity contribution is 9.11. The van der Waals surface area contributed by atoms with Crippen LogP contribution in [-0.2, 0) is 11.4 Å². The maximum absolute atomic E-state index is 12.4. The number of nitrogens with one attached hydrogen (secondary N) is 2. The number of hydrogen-bond acceptors (Lipinski definition) is 4. The van der Waals surface area contributed by atoms with Crippen molar-refractivity contribution in [3.05, 3.63) is 56.0 Å². The molecule has 0 unspecified atom stereocenters. The summed E-state index contributed by atoms with van der Waals surface area (Å²) in [6.07, 6.45) is -4.32. The summed E-state index contributed by atoms with van der Waals surface area (Å²) < 4.78 is 43.9. The maximum Gasteiger partial charge on any atom is 0.405 e. The molecular formula is C19H17Br2F3N2O4. The number of carboxylic acids is 1. The molecule has 0 saturated carbocycles. The molecule has 6 nitrogen and oxygen atoms in total. The summed E-state index contributed by atoms with van der Waals surface area (Å²) in [6.45, 7) is 0.187. The zero-order chi connectivity index (χ0) is 22.5. The molecule has 2 aromatic rings. The van der Waals surface area contributed by atoms with Gasteiger partial charge in [-0.25, -0.2) is 0 Å². The van der Waals surface area contributed by atoms with E-state index in [1.807, 2.05) is 0 Å². The highest BCUT2D eigenvalue weighted by Gasteiger charge is 2.26. The van der Waals surface area contributed by atoms with E-state index in [9.17, 15) is 22.8 Å². The molecule has 0 fully saturated rings. The normalized spacial score (nSPS) is 11.1. The van der Waals surface area contributed by atoms with Gasteiger partial charge in [0.1, 0.15) is 25.4 Å². The molecule has 0 heterocycles. The smallest absolute Gasteiger partial charge is 0.405 e. The molecule has 0 aliphatic carbocycles. The van der Waals surface area contributed by atoms with Gasteiger partial charge in [0.15, 0.2) is 0 Å². The van der Waals surface area contributed by atoms with Crippen molar-refractivity contribution in [2.24, 2.45) is 0 Å². The minimum Gasteiger partial charge on any atom is -0.487 e. The number of carbonyl (C=O) groups is 2. The molecule has 30 heavy (non-hydrogen) atoms. The second kappa shape index (κ2) is 10.2. The van der Waals surface area contributed by atoms with Crippen molar-refractivity contribution < 1.29 is 32.6 Å². The zero-order valence-corrected chi connectivity index (χ0v) is 18.7. The molecular weight excluding hydrogens is 537 g/mol. The Morgan fingerprint density at radius 1 is 1.10 bits per heavy atom. The fourth-order valence-corrected chi connectivity index (χ4v) is 3.91. The molecule has 0 aliphatic rings. The van der Waals surface area contributed by atoms with Crippen molar-refractivity contribution in [1.82, 2.24) is 5.32 Å². The lowest BCUT2D eigenvalue weighted by molar-refractivity contribution is -0.135. The Bertz CT molecular complexity index is 929. The van der Waals surface area contributed by atoms with E-state index in [1.165, 1.54) is 12.1 Å². The van der Waals surface area contributed by atoms with Crippen LogP contribution in [0.25, 0.3) is 0 Å². The molecule has 11 heteroatoms. The monoisotopic (exact) mass is 552 g/mol. The van der Waals surface area contributed by atoms with Crippen LogP contribution in [0.5, 0.6) is 5.75 Å². The van der Waals surface area contributed by atoms with Crippen molar-refractivity contribution in [3.63, 3.8) is 0 Å². The number of anilines is 1. The standard InChI is InChI=1S/C19H17Br2F3N2O4/c1-10-2-11(4-13(3-10)26-9-19(22,23)24)8-30-17-14(20)5-12(6-15(17)21)18(29)25-7-16(27)28/h2-6,26H,7-9H2,1H3,(H,25,29)(H,27,28). The number of halogens is 5. The quantitative estimate of drug-likeness (QED) is 0.433. The Kier molecular flexibility index (Phi) is 8.13. The van der Waals surface area contributed by atoms with Crippen LogP contribution in [0.3, 0.4) is 0 Å². The number of alkyl halides is 3. The minimum atomic E-state index is -4.32. The Balaban J connectivity index is 2.11. The summed E-state index contributed by atoms with van der Waals surface area (Å²) >= 11 is 6.61. The number of ether oxygens (including phenoxy) is 1. The first-order valence-corrected chi connectivity index (χ1v) is 10.1. The molecule has 0 spiro atoms. The first-order valence-electron chi connectivity index (χ1n) is 8.47. The van der Waals surface area contributed by atoms with Gasteiger partial charge in [-0.05, 0) is 74.2 Å². The maximum atomic E-state index is 12.4. The molecule has 2 rings (SSSR count). The number of amides is 1. The first kappa shape index (κ1) is 24.0. The summed E-state index contributed by atoms with van der Waals surface area (Å²) in [4.78, 5) is 22.6. The lowest BCUT2D eigenvalue weighted by Crippen LogP contribution is -2.29. The summed E-state index contributed by atoms with van der Waals surface area (Å²) in [5, 5.41) is 13.2. The van der Waals surface area contributed by atoms with Crippen LogP contribution >= 0.6 is 31.9 Å². The molecule has 1 amide bonds. The lowest BCUT2D eigenvalue weighted by atomic mass is 10.1. The predicted molar refractivity (Wildman–Crippen MR) is 112 cm³/mol. The van der Waals surface area contributed by atoms with Crippen LogP contribution in [0.1, 0.15) is 21.5 Å². The van der Waals surface area contributed by atoms with Gasteiger partial charge in [-0.3, -0.25) is 9.59 Å². The van der Waals surface area contributed by atoms with Crippen LogP contribution < -0.4 is 15.4 Å². The highest BCUT2D eigenvalue weighted by atomic mass is 79.9. The third-order valence-corrected chi connectivity index (χ3v) is 4.85. The van der Waals surface area contributed by atoms with Crippen LogP contribution in [0.15, 0.2) is 39.3 Å². The van der Waals surface area contributed by atoms with Crippen molar-refractivity contribution in [1.29, 1.82) is 0 Å². The van der Waals surface area contributed by atoms with Gasteiger partial charge in [0.05, 0.1) is 8.95 Å². The van der Waals surface area contributed by atoms with Crippen molar-refractivity contribution in [3.8, 4) is 5.75 Å². The van der Waals surface area contributed by atoms with E-state index < -0.39 is 31.1 Å². The Morgan fingerprint density at radius 3 is 2.30 bits per heavy atom. The van der Waals surface area contributed by atoms with E-state index in [0.29, 0.717) is 25.9 Å². The van der Waals surface area contributed by atoms with E-state index in [0.717, 1.165) is 5.56 Å². The topological polar surface area (TPSA) is 87.7 Å². The van der Waals surface area contributed by atoms with Crippen LogP contribution in [0, 0.1) is 6.92 Å². The average molecular weight is 554 g/mol. The number of rotatable bonds is 8. The number of aliphatic carboxylic acids is 1. The minimum absolute atomic E-state index is 0.0735. The fourth-order valence-electron chi connectivity index (χ4n) is 2.49. The second-order valence-electron chi connectivity index (χ2n) is 6.31. The van der Waals surface area contributed by atoms with Gasteiger partial charge < -0.3 is 20.5 Å². The van der Waals surface area contributed by atoms with Gasteiger partial charge in [-0.1, -0.05) is 6.07 Å². The molecule has 0 saturated heterocycles. The zero-order valence-electron chi connectivity index (χ0n) is 15.6. The fraction of sp³-hybridized carbons (Fsp3) is 0.263. The predicted octanol–water partition coefficient (Wildman–Crippen LogP) is 4.89. The van der Waals surface area contributed by atoms with Crippen LogP contribution in [0.2, 0.25) is 0 Å². The summed E-state index contributed by atoms with van der Waals surface area (Å²) in [7, 11) is 0. The van der Waals surface area contributed by atoms with E-state index in [1.54, 1.807) is 25.1 Å². The van der Waals surface area contributed by atoms with Crippen LogP contribution in [0.4, 0.5) is 18.9 Å². The molecule has 162 valence electrons. The van der Waals surface area contributed by atoms with E-state index in [2.05, 4.69) is 42.5 Å². The van der Waals surface area contributed by atoms with Gasteiger partial charge in [-0.15, -0.1) is 0 Å². The Hall–Kier alpha value is -2.27. The molecule has 0 aromatic heterocycles. The van der Waals surface area contributed by atoms with Gasteiger partial charge in [-0.2, -0.15) is 13.2 Å². The SMILES string of the molecule is Cc1cc(COc2c(Br)cc(C(=O)NCC(=O)O)cc2Br)cc(NCC(F)(F)F)c1. The van der Waals surface area contributed by atoms with Gasteiger partial charge in [0, 0.05) is 11.3 Å². The molecule has 2 aromatic carbocycles.